The molecule has 3 N–H and O–H groups in total. The van der Waals surface area contributed by atoms with Crippen LogP contribution in [0.2, 0.25) is 0 Å². The Morgan fingerprint density at radius 1 is 1.67 bits per heavy atom. The Labute approximate surface area is 71.2 Å². The SMILES string of the molecule is NCC(O)(c1ccco1)C1CC1. The molecule has 0 aliphatic heterocycles. The van der Waals surface area contributed by atoms with Crippen LogP contribution in [0.1, 0.15) is 18.6 Å². The topological polar surface area (TPSA) is 59.4 Å². The maximum Gasteiger partial charge on any atom is 0.137 e. The predicted molar refractivity (Wildman–Crippen MR) is 44.4 cm³/mol. The first-order valence-electron chi connectivity index (χ1n) is 4.24. The monoisotopic (exact) mass is 167 g/mol. The average molecular weight is 167 g/mol. The molecule has 1 aliphatic rings. The molecule has 0 bridgehead atoms. The summed E-state index contributed by atoms with van der Waals surface area (Å²) in [6.07, 6.45) is 3.67. The molecule has 3 nitrogen and oxygen atoms in total. The Morgan fingerprint density at radius 3 is 2.83 bits per heavy atom. The third-order valence-corrected chi connectivity index (χ3v) is 2.51. The van der Waals surface area contributed by atoms with Crippen molar-refractivity contribution >= 4 is 0 Å². The zero-order valence-corrected chi connectivity index (χ0v) is 6.86. The van der Waals surface area contributed by atoms with Gasteiger partial charge in [-0.05, 0) is 30.9 Å². The fourth-order valence-electron chi connectivity index (χ4n) is 1.55. The van der Waals surface area contributed by atoms with Crippen LogP contribution in [0.5, 0.6) is 0 Å². The third kappa shape index (κ3) is 1.06. The van der Waals surface area contributed by atoms with Crippen molar-refractivity contribution in [2.75, 3.05) is 6.54 Å². The summed E-state index contributed by atoms with van der Waals surface area (Å²) in [6.45, 7) is 0.241. The fraction of sp³-hybridized carbons (Fsp3) is 0.556. The highest BCUT2D eigenvalue weighted by molar-refractivity contribution is 5.14. The highest BCUT2D eigenvalue weighted by Crippen LogP contribution is 2.45. The van der Waals surface area contributed by atoms with Crippen molar-refractivity contribution in [2.24, 2.45) is 11.7 Å². The van der Waals surface area contributed by atoms with Gasteiger partial charge < -0.3 is 15.3 Å². The lowest BCUT2D eigenvalue weighted by Gasteiger charge is -2.23. The molecule has 1 fully saturated rings. The third-order valence-electron chi connectivity index (χ3n) is 2.51. The predicted octanol–water partition coefficient (Wildman–Crippen LogP) is 0.836. The summed E-state index contributed by atoms with van der Waals surface area (Å²) < 4.78 is 5.16. The van der Waals surface area contributed by atoms with Crippen LogP contribution in [0.15, 0.2) is 22.8 Å². The molecule has 1 aliphatic carbocycles. The van der Waals surface area contributed by atoms with Gasteiger partial charge in [0.15, 0.2) is 0 Å². The second-order valence-corrected chi connectivity index (χ2v) is 3.38. The standard InChI is InChI=1S/C9H13NO2/c10-6-9(11,7-3-4-7)8-2-1-5-12-8/h1-2,5,7,11H,3-4,6,10H2. The molecule has 0 amide bonds. The second-order valence-electron chi connectivity index (χ2n) is 3.38. The lowest BCUT2D eigenvalue weighted by molar-refractivity contribution is 0.00116. The first kappa shape index (κ1) is 7.83. The van der Waals surface area contributed by atoms with Crippen LogP contribution in [0.3, 0.4) is 0 Å². The van der Waals surface area contributed by atoms with E-state index in [-0.39, 0.29) is 6.54 Å². The Bertz CT molecular complexity index is 254. The van der Waals surface area contributed by atoms with Gasteiger partial charge in [-0.1, -0.05) is 0 Å². The molecule has 0 saturated heterocycles. The fourth-order valence-corrected chi connectivity index (χ4v) is 1.55. The van der Waals surface area contributed by atoms with E-state index in [1.807, 2.05) is 0 Å². The molecule has 1 atom stereocenters. The Morgan fingerprint density at radius 2 is 2.42 bits per heavy atom. The quantitative estimate of drug-likeness (QED) is 0.701. The van der Waals surface area contributed by atoms with Gasteiger partial charge in [-0.15, -0.1) is 0 Å². The molecule has 1 aromatic rings. The van der Waals surface area contributed by atoms with E-state index in [4.69, 9.17) is 10.2 Å². The van der Waals surface area contributed by atoms with Gasteiger partial charge in [0.1, 0.15) is 11.4 Å². The first-order valence-corrected chi connectivity index (χ1v) is 4.24. The van der Waals surface area contributed by atoms with E-state index < -0.39 is 5.60 Å². The van der Waals surface area contributed by atoms with Gasteiger partial charge in [0.05, 0.1) is 6.26 Å². The maximum absolute atomic E-state index is 10.1. The normalized spacial score (nSPS) is 22.2. The van der Waals surface area contributed by atoms with Crippen LogP contribution in [-0.4, -0.2) is 11.7 Å². The van der Waals surface area contributed by atoms with Gasteiger partial charge in [0, 0.05) is 6.54 Å². The Balaban J connectivity index is 2.27. The summed E-state index contributed by atoms with van der Waals surface area (Å²) in [5, 5.41) is 10.1. The van der Waals surface area contributed by atoms with E-state index >= 15 is 0 Å². The molecular formula is C9H13NO2. The van der Waals surface area contributed by atoms with Gasteiger partial charge in [0.2, 0.25) is 0 Å². The molecule has 3 heteroatoms. The minimum absolute atomic E-state index is 0.241. The van der Waals surface area contributed by atoms with E-state index in [0.29, 0.717) is 11.7 Å². The van der Waals surface area contributed by atoms with Gasteiger partial charge >= 0.3 is 0 Å². The smallest absolute Gasteiger partial charge is 0.137 e. The Hall–Kier alpha value is -0.800. The van der Waals surface area contributed by atoms with E-state index in [2.05, 4.69) is 0 Å². The van der Waals surface area contributed by atoms with Gasteiger partial charge in [-0.2, -0.15) is 0 Å². The van der Waals surface area contributed by atoms with Crippen molar-refractivity contribution < 1.29 is 9.52 Å². The molecule has 12 heavy (non-hydrogen) atoms. The minimum Gasteiger partial charge on any atom is -0.466 e. The minimum atomic E-state index is -0.913. The van der Waals surface area contributed by atoms with E-state index in [1.54, 1.807) is 18.4 Å². The van der Waals surface area contributed by atoms with Gasteiger partial charge in [0.25, 0.3) is 0 Å². The number of hydrogen-bond donors (Lipinski definition) is 2. The van der Waals surface area contributed by atoms with Gasteiger partial charge in [-0.3, -0.25) is 0 Å². The molecule has 1 aromatic heterocycles. The number of furan rings is 1. The van der Waals surface area contributed by atoms with Gasteiger partial charge in [-0.25, -0.2) is 0 Å². The molecule has 0 aromatic carbocycles. The van der Waals surface area contributed by atoms with Crippen LogP contribution in [0.25, 0.3) is 0 Å². The van der Waals surface area contributed by atoms with Crippen molar-refractivity contribution in [3.63, 3.8) is 0 Å². The van der Waals surface area contributed by atoms with Crippen LogP contribution in [0.4, 0.5) is 0 Å². The zero-order valence-electron chi connectivity index (χ0n) is 6.86. The average Bonchev–Trinajstić information content (AvgIpc) is 2.80. The number of rotatable bonds is 3. The lowest BCUT2D eigenvalue weighted by atomic mass is 9.95. The summed E-state index contributed by atoms with van der Waals surface area (Å²) in [5.74, 6) is 0.904. The number of nitrogens with two attached hydrogens (primary N) is 1. The summed E-state index contributed by atoms with van der Waals surface area (Å²) in [7, 11) is 0. The molecule has 1 unspecified atom stereocenters. The maximum atomic E-state index is 10.1. The molecular weight excluding hydrogens is 154 g/mol. The highest BCUT2D eigenvalue weighted by atomic mass is 16.4. The zero-order chi connectivity index (χ0) is 8.60. The molecule has 66 valence electrons. The number of hydrogen-bond acceptors (Lipinski definition) is 3. The molecule has 2 rings (SSSR count). The highest BCUT2D eigenvalue weighted by Gasteiger charge is 2.46. The molecule has 1 saturated carbocycles. The Kier molecular flexibility index (Phi) is 1.70. The molecule has 0 radical (unpaired) electrons. The first-order chi connectivity index (χ1) is 5.77. The van der Waals surface area contributed by atoms with Crippen molar-refractivity contribution in [1.29, 1.82) is 0 Å². The van der Waals surface area contributed by atoms with Crippen molar-refractivity contribution in [1.82, 2.24) is 0 Å². The van der Waals surface area contributed by atoms with Crippen molar-refractivity contribution in [2.45, 2.75) is 18.4 Å². The van der Waals surface area contributed by atoms with Crippen LogP contribution in [0, 0.1) is 5.92 Å². The van der Waals surface area contributed by atoms with E-state index in [0.717, 1.165) is 12.8 Å². The van der Waals surface area contributed by atoms with Crippen LogP contribution in [-0.2, 0) is 5.60 Å². The van der Waals surface area contributed by atoms with Crippen LogP contribution >= 0.6 is 0 Å². The van der Waals surface area contributed by atoms with Crippen LogP contribution < -0.4 is 5.73 Å². The summed E-state index contributed by atoms with van der Waals surface area (Å²) in [4.78, 5) is 0. The lowest BCUT2D eigenvalue weighted by Crippen LogP contribution is -2.36. The van der Waals surface area contributed by atoms with E-state index in [1.165, 1.54) is 0 Å². The second kappa shape index (κ2) is 2.61. The largest absolute Gasteiger partial charge is 0.466 e. The van der Waals surface area contributed by atoms with E-state index in [9.17, 15) is 5.11 Å². The summed E-state index contributed by atoms with van der Waals surface area (Å²) in [6, 6.07) is 3.56. The number of aliphatic hydroxyl groups is 1. The molecule has 1 heterocycles. The molecule has 0 spiro atoms. The van der Waals surface area contributed by atoms with Crippen molar-refractivity contribution in [3.8, 4) is 0 Å². The summed E-state index contributed by atoms with van der Waals surface area (Å²) >= 11 is 0. The van der Waals surface area contributed by atoms with Crippen molar-refractivity contribution in [3.05, 3.63) is 24.2 Å². The summed E-state index contributed by atoms with van der Waals surface area (Å²) in [5.41, 5.74) is 4.62.